The summed E-state index contributed by atoms with van der Waals surface area (Å²) in [5.41, 5.74) is 0.287. The fourth-order valence-electron chi connectivity index (χ4n) is 1.42. The molecule has 1 aromatic heterocycles. The summed E-state index contributed by atoms with van der Waals surface area (Å²) in [6, 6.07) is 6.00. The van der Waals surface area contributed by atoms with Gasteiger partial charge in [-0.15, -0.1) is 0 Å². The van der Waals surface area contributed by atoms with E-state index in [9.17, 15) is 4.39 Å². The van der Waals surface area contributed by atoms with Crippen molar-refractivity contribution in [2.45, 2.75) is 13.3 Å². The first-order valence-electron chi connectivity index (χ1n) is 5.34. The summed E-state index contributed by atoms with van der Waals surface area (Å²) in [5, 5.41) is 3.35. The van der Waals surface area contributed by atoms with Crippen LogP contribution in [0.1, 0.15) is 12.7 Å². The first kappa shape index (κ1) is 13.2. The zero-order valence-corrected chi connectivity index (χ0v) is 11.9. The zero-order chi connectivity index (χ0) is 13.1. The van der Waals surface area contributed by atoms with Crippen molar-refractivity contribution in [1.29, 1.82) is 0 Å². The van der Waals surface area contributed by atoms with Crippen molar-refractivity contribution in [1.82, 2.24) is 9.97 Å². The van der Waals surface area contributed by atoms with Gasteiger partial charge in [0.05, 0.1) is 5.69 Å². The van der Waals surface area contributed by atoms with E-state index in [1.807, 2.05) is 6.92 Å². The second-order valence-corrected chi connectivity index (χ2v) is 4.84. The average molecular weight is 331 g/mol. The lowest BCUT2D eigenvalue weighted by molar-refractivity contribution is 0.632. The highest BCUT2D eigenvalue weighted by Crippen LogP contribution is 2.23. The van der Waals surface area contributed by atoms with Gasteiger partial charge in [-0.1, -0.05) is 18.5 Å². The average Bonchev–Trinajstić information content (AvgIpc) is 2.33. The number of rotatable bonds is 3. The third-order valence-electron chi connectivity index (χ3n) is 2.25. The molecule has 0 aliphatic carbocycles. The molecule has 0 unspecified atom stereocenters. The molecule has 0 spiro atoms. The van der Waals surface area contributed by atoms with Crippen LogP contribution < -0.4 is 5.32 Å². The number of benzene rings is 1. The summed E-state index contributed by atoms with van der Waals surface area (Å²) in [4.78, 5) is 8.44. The molecule has 0 amide bonds. The fourth-order valence-corrected chi connectivity index (χ4v) is 2.01. The Bertz CT molecular complexity index is 577. The predicted molar refractivity (Wildman–Crippen MR) is 73.8 cm³/mol. The summed E-state index contributed by atoms with van der Waals surface area (Å²) in [5.74, 6) is 0.816. The molecule has 94 valence electrons. The minimum absolute atomic E-state index is 0.287. The summed E-state index contributed by atoms with van der Waals surface area (Å²) < 4.78 is 14.2. The molecule has 1 heterocycles. The quantitative estimate of drug-likeness (QED) is 0.851. The van der Waals surface area contributed by atoms with Crippen molar-refractivity contribution in [3.8, 4) is 0 Å². The molecule has 0 aliphatic rings. The van der Waals surface area contributed by atoms with E-state index in [4.69, 9.17) is 11.6 Å². The Balaban J connectivity index is 2.33. The molecular formula is C12H10BrClFN3. The minimum atomic E-state index is -0.382. The van der Waals surface area contributed by atoms with Gasteiger partial charge in [-0.25, -0.2) is 14.4 Å². The van der Waals surface area contributed by atoms with Gasteiger partial charge in [-0.3, -0.25) is 0 Å². The van der Waals surface area contributed by atoms with Crippen molar-refractivity contribution in [2.24, 2.45) is 0 Å². The van der Waals surface area contributed by atoms with Crippen LogP contribution in [0, 0.1) is 5.82 Å². The molecule has 3 nitrogen and oxygen atoms in total. The second kappa shape index (κ2) is 5.63. The van der Waals surface area contributed by atoms with Crippen LogP contribution in [0.15, 0.2) is 28.9 Å². The lowest BCUT2D eigenvalue weighted by Gasteiger charge is -2.08. The highest BCUT2D eigenvalue weighted by molar-refractivity contribution is 9.10. The van der Waals surface area contributed by atoms with Crippen LogP contribution in [0.4, 0.5) is 15.9 Å². The van der Waals surface area contributed by atoms with Gasteiger partial charge < -0.3 is 5.32 Å². The highest BCUT2D eigenvalue weighted by Gasteiger charge is 2.06. The van der Waals surface area contributed by atoms with E-state index in [-0.39, 0.29) is 11.5 Å². The molecule has 18 heavy (non-hydrogen) atoms. The molecule has 1 aromatic carbocycles. The second-order valence-electron chi connectivity index (χ2n) is 3.59. The lowest BCUT2D eigenvalue weighted by atomic mass is 10.3. The maximum Gasteiger partial charge on any atom is 0.146 e. The number of aryl methyl sites for hydroxylation is 1. The number of halogens is 3. The Morgan fingerprint density at radius 1 is 1.33 bits per heavy atom. The first-order valence-corrected chi connectivity index (χ1v) is 6.51. The highest BCUT2D eigenvalue weighted by atomic mass is 79.9. The van der Waals surface area contributed by atoms with Gasteiger partial charge in [0.1, 0.15) is 22.1 Å². The van der Waals surface area contributed by atoms with Crippen molar-refractivity contribution < 1.29 is 4.39 Å². The van der Waals surface area contributed by atoms with Crippen LogP contribution in [0.3, 0.4) is 0 Å². The number of nitrogens with one attached hydrogen (secondary N) is 1. The molecule has 0 bridgehead atoms. The van der Waals surface area contributed by atoms with Crippen LogP contribution in [-0.2, 0) is 6.42 Å². The summed E-state index contributed by atoms with van der Waals surface area (Å²) in [6.07, 6.45) is 0.701. The number of aromatic nitrogens is 2. The number of anilines is 2. The third kappa shape index (κ3) is 3.17. The molecule has 0 fully saturated rings. The van der Waals surface area contributed by atoms with Gasteiger partial charge >= 0.3 is 0 Å². The van der Waals surface area contributed by atoms with Gasteiger partial charge in [0.25, 0.3) is 0 Å². The smallest absolute Gasteiger partial charge is 0.146 e. The number of hydrogen-bond acceptors (Lipinski definition) is 3. The van der Waals surface area contributed by atoms with Crippen molar-refractivity contribution in [3.63, 3.8) is 0 Å². The zero-order valence-electron chi connectivity index (χ0n) is 9.54. The number of nitrogens with zero attached hydrogens (tertiary/aromatic N) is 2. The van der Waals surface area contributed by atoms with Crippen LogP contribution in [0.25, 0.3) is 0 Å². The van der Waals surface area contributed by atoms with Crippen LogP contribution in [0.2, 0.25) is 5.02 Å². The predicted octanol–water partition coefficient (Wildman–Crippen LogP) is 4.34. The van der Waals surface area contributed by atoms with Crippen molar-refractivity contribution >= 4 is 39.0 Å². The van der Waals surface area contributed by atoms with Crippen molar-refractivity contribution in [3.05, 3.63) is 45.5 Å². The molecule has 0 radical (unpaired) electrons. The summed E-state index contributed by atoms with van der Waals surface area (Å²) in [6.45, 7) is 1.95. The Morgan fingerprint density at radius 2 is 2.11 bits per heavy atom. The topological polar surface area (TPSA) is 37.8 Å². The van der Waals surface area contributed by atoms with Crippen LogP contribution >= 0.6 is 27.5 Å². The third-order valence-corrected chi connectivity index (χ3v) is 2.89. The molecule has 2 aromatic rings. The van der Waals surface area contributed by atoms with Gasteiger partial charge in [-0.05, 0) is 34.1 Å². The molecule has 0 saturated heterocycles. The molecular weight excluding hydrogens is 321 g/mol. The fraction of sp³-hybridized carbons (Fsp3) is 0.167. The Labute approximate surface area is 118 Å². The summed E-state index contributed by atoms with van der Waals surface area (Å²) >= 11 is 9.11. The van der Waals surface area contributed by atoms with E-state index in [1.54, 1.807) is 6.07 Å². The number of hydrogen-bond donors (Lipinski definition) is 1. The minimum Gasteiger partial charge on any atom is -0.338 e. The first-order chi connectivity index (χ1) is 8.58. The van der Waals surface area contributed by atoms with E-state index in [2.05, 4.69) is 31.2 Å². The van der Waals surface area contributed by atoms with Gasteiger partial charge in [0.2, 0.25) is 0 Å². The van der Waals surface area contributed by atoms with Crippen molar-refractivity contribution in [2.75, 3.05) is 5.32 Å². The normalized spacial score (nSPS) is 10.4. The van der Waals surface area contributed by atoms with E-state index >= 15 is 0 Å². The monoisotopic (exact) mass is 329 g/mol. The Kier molecular flexibility index (Phi) is 4.14. The lowest BCUT2D eigenvalue weighted by Crippen LogP contribution is -2.01. The Morgan fingerprint density at radius 3 is 2.83 bits per heavy atom. The Hall–Kier alpha value is -1.20. The molecule has 1 N–H and O–H groups in total. The maximum absolute atomic E-state index is 13.6. The SMILES string of the molecule is CCc1nc(Br)cc(Nc2cc(Cl)ccc2F)n1. The molecule has 0 saturated carbocycles. The van der Waals surface area contributed by atoms with Gasteiger partial charge in [-0.2, -0.15) is 0 Å². The van der Waals surface area contributed by atoms with E-state index < -0.39 is 0 Å². The van der Waals surface area contributed by atoms with Gasteiger partial charge in [0, 0.05) is 17.5 Å². The molecule has 6 heteroatoms. The molecule has 2 rings (SSSR count). The van der Waals surface area contributed by atoms with E-state index in [0.29, 0.717) is 27.7 Å². The van der Waals surface area contributed by atoms with E-state index in [0.717, 1.165) is 0 Å². The standard InChI is InChI=1S/C12H10BrClFN3/c1-2-11-17-10(13)6-12(18-11)16-9-5-7(14)3-4-8(9)15/h3-6H,2H2,1H3,(H,16,17,18). The molecule has 0 atom stereocenters. The maximum atomic E-state index is 13.6. The van der Waals surface area contributed by atoms with E-state index in [1.165, 1.54) is 18.2 Å². The molecule has 0 aliphatic heterocycles. The largest absolute Gasteiger partial charge is 0.338 e. The van der Waals surface area contributed by atoms with Gasteiger partial charge in [0.15, 0.2) is 0 Å². The van der Waals surface area contributed by atoms with Crippen LogP contribution in [0.5, 0.6) is 0 Å². The summed E-state index contributed by atoms with van der Waals surface area (Å²) in [7, 11) is 0. The van der Waals surface area contributed by atoms with Crippen LogP contribution in [-0.4, -0.2) is 9.97 Å².